The smallest absolute Gasteiger partial charge is 0.145 e. The van der Waals surface area contributed by atoms with E-state index in [0.717, 1.165) is 10.7 Å². The van der Waals surface area contributed by atoms with Crippen LogP contribution in [0, 0.1) is 6.92 Å². The summed E-state index contributed by atoms with van der Waals surface area (Å²) in [7, 11) is 0. The molecule has 0 unspecified atom stereocenters. The van der Waals surface area contributed by atoms with Gasteiger partial charge in [-0.25, -0.2) is 9.97 Å². The summed E-state index contributed by atoms with van der Waals surface area (Å²) in [6.07, 6.45) is 1.56. The fraction of sp³-hybridized carbons (Fsp3) is 0.200. The van der Waals surface area contributed by atoms with E-state index in [-0.39, 0.29) is 0 Å². The molecule has 2 aromatic rings. The monoisotopic (exact) mass is 273 g/mol. The van der Waals surface area contributed by atoms with E-state index in [1.807, 2.05) is 12.3 Å². The Hall–Kier alpha value is -0.840. The molecule has 0 saturated carbocycles. The zero-order valence-corrected chi connectivity index (χ0v) is 10.8. The minimum atomic E-state index is 0.515. The van der Waals surface area contributed by atoms with E-state index in [2.05, 4.69) is 15.3 Å². The Labute approximate surface area is 107 Å². The molecule has 2 heterocycles. The van der Waals surface area contributed by atoms with Crippen LogP contribution in [0.5, 0.6) is 0 Å². The van der Waals surface area contributed by atoms with Gasteiger partial charge in [0.15, 0.2) is 0 Å². The van der Waals surface area contributed by atoms with Gasteiger partial charge in [-0.05, 0) is 13.0 Å². The molecule has 0 spiro atoms. The first kappa shape index (κ1) is 11.6. The first-order valence-electron chi connectivity index (χ1n) is 4.61. The van der Waals surface area contributed by atoms with Crippen molar-refractivity contribution in [3.63, 3.8) is 0 Å². The molecular weight excluding hydrogens is 265 g/mol. The molecule has 0 saturated heterocycles. The third-order valence-corrected chi connectivity index (χ3v) is 3.34. The molecule has 16 heavy (non-hydrogen) atoms. The molecular formula is C10H9Cl2N3S. The van der Waals surface area contributed by atoms with E-state index in [0.29, 0.717) is 22.4 Å². The van der Waals surface area contributed by atoms with Gasteiger partial charge in [-0.1, -0.05) is 23.2 Å². The molecule has 0 aliphatic heterocycles. The van der Waals surface area contributed by atoms with Crippen molar-refractivity contribution >= 4 is 40.4 Å². The molecule has 0 bridgehead atoms. The van der Waals surface area contributed by atoms with Crippen molar-refractivity contribution in [1.29, 1.82) is 0 Å². The summed E-state index contributed by atoms with van der Waals surface area (Å²) >= 11 is 13.3. The number of aromatic nitrogens is 2. The molecule has 3 nitrogen and oxygen atoms in total. The van der Waals surface area contributed by atoms with Crippen molar-refractivity contribution in [2.24, 2.45) is 0 Å². The highest BCUT2D eigenvalue weighted by atomic mass is 35.5. The highest BCUT2D eigenvalue weighted by Gasteiger charge is 2.04. The van der Waals surface area contributed by atoms with Gasteiger partial charge in [-0.3, -0.25) is 0 Å². The summed E-state index contributed by atoms with van der Waals surface area (Å²) in [6, 6.07) is 1.66. The highest BCUT2D eigenvalue weighted by Crippen LogP contribution is 2.23. The van der Waals surface area contributed by atoms with Crippen LogP contribution in [0.15, 0.2) is 17.6 Å². The number of nitrogens with one attached hydrogen (secondary N) is 1. The number of hydrogen-bond donors (Lipinski definition) is 1. The van der Waals surface area contributed by atoms with Gasteiger partial charge >= 0.3 is 0 Å². The molecule has 0 amide bonds. The molecule has 2 rings (SSSR count). The molecule has 0 fully saturated rings. The fourth-order valence-electron chi connectivity index (χ4n) is 1.19. The number of halogens is 2. The number of rotatable bonds is 3. The van der Waals surface area contributed by atoms with Gasteiger partial charge in [0.25, 0.3) is 0 Å². The third kappa shape index (κ3) is 2.84. The first-order valence-corrected chi connectivity index (χ1v) is 6.24. The zero-order valence-electron chi connectivity index (χ0n) is 8.50. The minimum Gasteiger partial charge on any atom is -0.362 e. The fourth-order valence-corrected chi connectivity index (χ4v) is 2.35. The van der Waals surface area contributed by atoms with Crippen LogP contribution < -0.4 is 5.32 Å². The van der Waals surface area contributed by atoms with Crippen LogP contribution in [0.3, 0.4) is 0 Å². The van der Waals surface area contributed by atoms with Crippen molar-refractivity contribution in [1.82, 2.24) is 9.97 Å². The van der Waals surface area contributed by atoms with Gasteiger partial charge in [0.2, 0.25) is 0 Å². The lowest BCUT2D eigenvalue weighted by Crippen LogP contribution is -2.01. The predicted octanol–water partition coefficient (Wildman–Crippen LogP) is 3.77. The highest BCUT2D eigenvalue weighted by molar-refractivity contribution is 7.09. The third-order valence-electron chi connectivity index (χ3n) is 1.88. The van der Waals surface area contributed by atoms with E-state index in [9.17, 15) is 0 Å². The van der Waals surface area contributed by atoms with E-state index in [1.54, 1.807) is 23.6 Å². The van der Waals surface area contributed by atoms with Crippen LogP contribution in [-0.4, -0.2) is 9.97 Å². The van der Waals surface area contributed by atoms with Gasteiger partial charge in [0.05, 0.1) is 16.6 Å². The van der Waals surface area contributed by atoms with Gasteiger partial charge in [0.1, 0.15) is 10.8 Å². The number of pyridine rings is 1. The first-order chi connectivity index (χ1) is 7.65. The molecule has 84 valence electrons. The van der Waals surface area contributed by atoms with E-state index >= 15 is 0 Å². The Balaban J connectivity index is 2.04. The van der Waals surface area contributed by atoms with Crippen molar-refractivity contribution in [2.45, 2.75) is 13.5 Å². The number of nitrogens with zero attached hydrogens (tertiary/aromatic N) is 2. The quantitative estimate of drug-likeness (QED) is 0.925. The van der Waals surface area contributed by atoms with Gasteiger partial charge in [-0.15, -0.1) is 11.3 Å². The lowest BCUT2D eigenvalue weighted by Gasteiger charge is -2.05. The molecule has 0 aliphatic carbocycles. The van der Waals surface area contributed by atoms with Crippen molar-refractivity contribution < 1.29 is 0 Å². The second-order valence-corrected chi connectivity index (χ2v) is 5.01. The van der Waals surface area contributed by atoms with Crippen LogP contribution >= 0.6 is 34.5 Å². The Morgan fingerprint density at radius 1 is 1.44 bits per heavy atom. The molecule has 0 radical (unpaired) electrons. The zero-order chi connectivity index (χ0) is 11.5. The second-order valence-electron chi connectivity index (χ2n) is 3.22. The minimum absolute atomic E-state index is 0.515. The topological polar surface area (TPSA) is 37.8 Å². The molecule has 0 aromatic carbocycles. The molecule has 0 atom stereocenters. The number of aryl methyl sites for hydroxylation is 1. The Kier molecular flexibility index (Phi) is 3.63. The van der Waals surface area contributed by atoms with Crippen molar-refractivity contribution in [2.75, 3.05) is 5.32 Å². The van der Waals surface area contributed by atoms with Crippen LogP contribution in [0.1, 0.15) is 10.7 Å². The lowest BCUT2D eigenvalue weighted by molar-refractivity contribution is 1.06. The molecule has 1 N–H and O–H groups in total. The second kappa shape index (κ2) is 4.99. The molecule has 2 aromatic heterocycles. The summed E-state index contributed by atoms with van der Waals surface area (Å²) in [4.78, 5) is 8.43. The standard InChI is InChI=1S/C10H9Cl2N3S/c1-6-5-16-9(15-6)4-14-10-8(12)2-7(11)3-13-10/h2-3,5H,4H2,1H3,(H,13,14). The van der Waals surface area contributed by atoms with Gasteiger partial charge in [-0.2, -0.15) is 0 Å². The van der Waals surface area contributed by atoms with Crippen LogP contribution in [0.4, 0.5) is 5.82 Å². The maximum atomic E-state index is 5.97. The predicted molar refractivity (Wildman–Crippen MR) is 68.4 cm³/mol. The number of thiazole rings is 1. The average molecular weight is 274 g/mol. The normalized spacial score (nSPS) is 10.4. The number of hydrogen-bond acceptors (Lipinski definition) is 4. The van der Waals surface area contributed by atoms with Crippen LogP contribution in [0.2, 0.25) is 10.0 Å². The summed E-state index contributed by atoms with van der Waals surface area (Å²) in [5.74, 6) is 0.624. The van der Waals surface area contributed by atoms with Crippen molar-refractivity contribution in [3.05, 3.63) is 38.4 Å². The van der Waals surface area contributed by atoms with Gasteiger partial charge in [0, 0.05) is 17.3 Å². The maximum Gasteiger partial charge on any atom is 0.145 e. The number of anilines is 1. The average Bonchev–Trinajstić information content (AvgIpc) is 2.63. The molecule has 0 aliphatic rings. The SMILES string of the molecule is Cc1csc(CNc2ncc(Cl)cc2Cl)n1. The van der Waals surface area contributed by atoms with Crippen LogP contribution in [-0.2, 0) is 6.54 Å². The van der Waals surface area contributed by atoms with Gasteiger partial charge < -0.3 is 5.32 Å². The summed E-state index contributed by atoms with van der Waals surface area (Å²) in [5, 5.41) is 7.17. The Morgan fingerprint density at radius 2 is 2.25 bits per heavy atom. The van der Waals surface area contributed by atoms with E-state index in [4.69, 9.17) is 23.2 Å². The van der Waals surface area contributed by atoms with Crippen LogP contribution in [0.25, 0.3) is 0 Å². The molecule has 6 heteroatoms. The van der Waals surface area contributed by atoms with E-state index < -0.39 is 0 Å². The Morgan fingerprint density at radius 3 is 2.88 bits per heavy atom. The summed E-state index contributed by atoms with van der Waals surface area (Å²) < 4.78 is 0. The largest absolute Gasteiger partial charge is 0.362 e. The van der Waals surface area contributed by atoms with Crippen molar-refractivity contribution in [3.8, 4) is 0 Å². The summed E-state index contributed by atoms with van der Waals surface area (Å²) in [5.41, 5.74) is 1.02. The summed E-state index contributed by atoms with van der Waals surface area (Å²) in [6.45, 7) is 2.58. The van der Waals surface area contributed by atoms with E-state index in [1.165, 1.54) is 0 Å². The maximum absolute atomic E-state index is 5.97. The lowest BCUT2D eigenvalue weighted by atomic mass is 10.4. The Bertz CT molecular complexity index is 499.